The monoisotopic (exact) mass is 1240 g/mol. The van der Waals surface area contributed by atoms with Crippen molar-refractivity contribution in [2.75, 3.05) is 0 Å². The first-order chi connectivity index (χ1) is 39.0. The molecule has 12 heteroatoms. The molecule has 0 N–H and O–H groups in total. The van der Waals surface area contributed by atoms with Crippen LogP contribution in [-0.2, 0) is 57.2 Å². The number of fused-ring (bicyclic) bond motifs is 6. The van der Waals surface area contributed by atoms with E-state index in [2.05, 4.69) is 20.8 Å². The molecule has 508 valence electrons. The predicted octanol–water partition coefficient (Wildman–Crippen LogP) is 18.3. The van der Waals surface area contributed by atoms with Gasteiger partial charge >= 0.3 is 35.8 Å². The molecule has 15 rings (SSSR count). The SMILES string of the molecule is C.C.C.C.C.C.CCC(C)(C)C(=O)OC1CC2CC(C(=O)OC3(C)CCCCC3)C1C2.CCC(C)C(=O)OC1CC2CC(C(=O)OC3(C)C4CC5CC(C4)CC3C5)C1C2.CCC(C)C(=O)OC1CC2CC(C(=O)OC3(CC)C4CC5CC(C4)CC3C5)C1C2. The molecule has 0 amide bonds. The standard InChI is InChI=1S/C25H38O4.C24H36O4.C21H34O4.6CH4/c1-4-14(3)23(26)28-22-13-17-11-20(22)21(12-17)24(27)29-25(5-2)18-7-15-6-16(9-18)10-19(25)8-15;1-4-13(2)22(25)27-21-12-16-10-19(21)20(11-16)23(26)28-24(3)17-6-14-5-15(8-17)9-18(24)7-14;1-5-20(2,3)19(23)24-17-13-14-11-15(17)16(12-14)18(22)25-21(4)9-7-6-8-10-21;;;;;;/h14-22H,4-13H2,1-3H3;13-21H,4-12H2,1-3H3;14-17H,5-13H2,1-4H3;6*1H4. The second kappa shape index (κ2) is 29.8. The largest absolute Gasteiger partial charge is 0.462 e. The maximum Gasteiger partial charge on any atom is 0.311 e. The van der Waals surface area contributed by atoms with Crippen LogP contribution in [0.15, 0.2) is 0 Å². The topological polar surface area (TPSA) is 158 Å². The van der Waals surface area contributed by atoms with Crippen molar-refractivity contribution >= 4 is 35.8 Å². The quantitative estimate of drug-likeness (QED) is 0.107. The van der Waals surface area contributed by atoms with Crippen LogP contribution in [0.1, 0.15) is 294 Å². The van der Waals surface area contributed by atoms with E-state index in [1.807, 2.05) is 48.5 Å². The first-order valence-corrected chi connectivity index (χ1v) is 34.3. The number of rotatable bonds is 16. The third-order valence-electron chi connectivity index (χ3n) is 26.1. The second-order valence-corrected chi connectivity index (χ2v) is 31.7. The highest BCUT2D eigenvalue weighted by atomic mass is 16.6. The number of carbonyl (C=O) groups is 6. The van der Waals surface area contributed by atoms with E-state index in [1.165, 1.54) is 70.6 Å². The Labute approximate surface area is 537 Å². The lowest BCUT2D eigenvalue weighted by atomic mass is 9.49. The fourth-order valence-electron chi connectivity index (χ4n) is 20.7. The van der Waals surface area contributed by atoms with Gasteiger partial charge in [-0.2, -0.15) is 0 Å². The Bertz CT molecular complexity index is 2290. The Morgan fingerprint density at radius 2 is 0.761 bits per heavy atom. The van der Waals surface area contributed by atoms with Gasteiger partial charge in [-0.25, -0.2) is 0 Å². The van der Waals surface area contributed by atoms with Gasteiger partial charge in [0.05, 0.1) is 35.0 Å². The molecule has 14 unspecified atom stereocenters. The van der Waals surface area contributed by atoms with Gasteiger partial charge in [0.1, 0.15) is 35.1 Å². The molecule has 15 aliphatic carbocycles. The second-order valence-electron chi connectivity index (χ2n) is 31.7. The highest BCUT2D eigenvalue weighted by molar-refractivity contribution is 5.78. The van der Waals surface area contributed by atoms with Crippen molar-refractivity contribution < 1.29 is 57.2 Å². The van der Waals surface area contributed by atoms with E-state index in [0.717, 1.165) is 133 Å². The van der Waals surface area contributed by atoms with Crippen molar-refractivity contribution in [3.63, 3.8) is 0 Å². The van der Waals surface area contributed by atoms with E-state index in [4.69, 9.17) is 28.4 Å². The summed E-state index contributed by atoms with van der Waals surface area (Å²) >= 11 is 0. The molecule has 0 spiro atoms. The first-order valence-electron chi connectivity index (χ1n) is 34.3. The molecule has 15 fully saturated rings. The van der Waals surface area contributed by atoms with Crippen molar-refractivity contribution in [2.45, 2.75) is 329 Å². The van der Waals surface area contributed by atoms with Gasteiger partial charge in [-0.05, 0) is 266 Å². The summed E-state index contributed by atoms with van der Waals surface area (Å²) < 4.78 is 36.5. The average molecular weight is 1240 g/mol. The van der Waals surface area contributed by atoms with Gasteiger partial charge in [0.25, 0.3) is 0 Å². The number of esters is 6. The van der Waals surface area contributed by atoms with Gasteiger partial charge in [0, 0.05) is 17.8 Å². The van der Waals surface area contributed by atoms with Gasteiger partial charge < -0.3 is 28.4 Å². The number of ether oxygens (including phenoxy) is 6. The summed E-state index contributed by atoms with van der Waals surface area (Å²) in [6, 6.07) is 0. The zero-order chi connectivity index (χ0) is 58.2. The Hall–Kier alpha value is -3.18. The Kier molecular flexibility index (Phi) is 25.6. The van der Waals surface area contributed by atoms with Gasteiger partial charge in [0.15, 0.2) is 0 Å². The molecule has 88 heavy (non-hydrogen) atoms. The average Bonchev–Trinajstić information content (AvgIpc) is 1.50. The van der Waals surface area contributed by atoms with E-state index >= 15 is 0 Å². The molecular formula is C76H132O12. The van der Waals surface area contributed by atoms with Crippen molar-refractivity contribution in [1.82, 2.24) is 0 Å². The summed E-state index contributed by atoms with van der Waals surface area (Å²) in [5.41, 5.74) is -1.20. The molecule has 14 atom stereocenters. The minimum absolute atomic E-state index is 0. The van der Waals surface area contributed by atoms with E-state index in [9.17, 15) is 28.8 Å². The predicted molar refractivity (Wildman–Crippen MR) is 351 cm³/mol. The Morgan fingerprint density at radius 3 is 1.11 bits per heavy atom. The smallest absolute Gasteiger partial charge is 0.311 e. The Morgan fingerprint density at radius 1 is 0.420 bits per heavy atom. The molecule has 0 saturated heterocycles. The highest BCUT2D eigenvalue weighted by Gasteiger charge is 2.62. The number of carbonyl (C=O) groups excluding carboxylic acids is 6. The van der Waals surface area contributed by atoms with Gasteiger partial charge in [0.2, 0.25) is 0 Å². The molecular weight excluding hydrogens is 1100 g/mol. The summed E-state index contributed by atoms with van der Waals surface area (Å²) in [6.45, 7) is 20.3. The zero-order valence-electron chi connectivity index (χ0n) is 52.4. The maximum absolute atomic E-state index is 13.5. The third-order valence-corrected chi connectivity index (χ3v) is 26.1. The minimum Gasteiger partial charge on any atom is -0.462 e. The minimum atomic E-state index is -0.451. The normalized spacial score (nSPS) is 41.1. The van der Waals surface area contributed by atoms with Crippen molar-refractivity contribution in [2.24, 2.45) is 118 Å². The van der Waals surface area contributed by atoms with Crippen LogP contribution in [0.3, 0.4) is 0 Å². The van der Waals surface area contributed by atoms with Crippen LogP contribution in [0, 0.1) is 118 Å². The van der Waals surface area contributed by atoms with Crippen molar-refractivity contribution in [1.29, 1.82) is 0 Å². The summed E-state index contributed by atoms with van der Waals surface area (Å²) in [5.74, 6) is 7.14. The molecule has 0 aromatic carbocycles. The fraction of sp³-hybridized carbons (Fsp3) is 0.921. The summed E-state index contributed by atoms with van der Waals surface area (Å²) in [7, 11) is 0. The van der Waals surface area contributed by atoms with Gasteiger partial charge in [-0.15, -0.1) is 0 Å². The molecule has 0 aromatic heterocycles. The molecule has 0 radical (unpaired) electrons. The lowest BCUT2D eigenvalue weighted by Crippen LogP contribution is -2.60. The zero-order valence-corrected chi connectivity index (χ0v) is 52.4. The maximum atomic E-state index is 13.5. The van der Waals surface area contributed by atoms with Crippen LogP contribution in [0.25, 0.3) is 0 Å². The highest BCUT2D eigenvalue weighted by Crippen LogP contribution is 2.63. The van der Waals surface area contributed by atoms with E-state index in [-0.39, 0.29) is 163 Å². The van der Waals surface area contributed by atoms with E-state index in [1.54, 1.807) is 0 Å². The molecule has 0 aliphatic heterocycles. The fourth-order valence-corrected chi connectivity index (χ4v) is 20.7. The lowest BCUT2D eigenvalue weighted by Gasteiger charge is -2.60. The van der Waals surface area contributed by atoms with Crippen molar-refractivity contribution in [3.8, 4) is 0 Å². The first kappa shape index (κ1) is 75.5. The summed E-state index contributed by atoms with van der Waals surface area (Å²) in [4.78, 5) is 76.6. The van der Waals surface area contributed by atoms with Crippen LogP contribution < -0.4 is 0 Å². The molecule has 12 nitrogen and oxygen atoms in total. The molecule has 0 aromatic rings. The van der Waals surface area contributed by atoms with Crippen LogP contribution in [0.5, 0.6) is 0 Å². The van der Waals surface area contributed by atoms with Crippen LogP contribution >= 0.6 is 0 Å². The molecule has 14 bridgehead atoms. The van der Waals surface area contributed by atoms with Gasteiger partial charge in [-0.3, -0.25) is 28.8 Å². The number of hydrogen-bond donors (Lipinski definition) is 0. The van der Waals surface area contributed by atoms with E-state index in [0.29, 0.717) is 41.4 Å². The van der Waals surface area contributed by atoms with Crippen LogP contribution in [-0.4, -0.2) is 70.9 Å². The molecule has 15 saturated carbocycles. The van der Waals surface area contributed by atoms with Crippen molar-refractivity contribution in [3.05, 3.63) is 0 Å². The van der Waals surface area contributed by atoms with E-state index < -0.39 is 5.41 Å². The lowest BCUT2D eigenvalue weighted by molar-refractivity contribution is -0.217. The van der Waals surface area contributed by atoms with Crippen LogP contribution in [0.4, 0.5) is 0 Å². The molecule has 15 aliphatic rings. The van der Waals surface area contributed by atoms with Crippen LogP contribution in [0.2, 0.25) is 0 Å². The third kappa shape index (κ3) is 14.8. The van der Waals surface area contributed by atoms with Gasteiger partial charge in [-0.1, -0.05) is 92.5 Å². The number of hydrogen-bond acceptors (Lipinski definition) is 12. The summed E-state index contributed by atoms with van der Waals surface area (Å²) in [5, 5.41) is 0. The Balaban J connectivity index is 0.000000233. The molecule has 0 heterocycles. The summed E-state index contributed by atoms with van der Waals surface area (Å²) in [6.07, 6.45) is 30.0.